The van der Waals surface area contributed by atoms with Crippen LogP contribution in [0.5, 0.6) is 0 Å². The van der Waals surface area contributed by atoms with E-state index in [0.29, 0.717) is 19.3 Å². The van der Waals surface area contributed by atoms with Crippen LogP contribution in [0.3, 0.4) is 0 Å². The van der Waals surface area contributed by atoms with Crippen LogP contribution in [0.25, 0.3) is 0 Å². The van der Waals surface area contributed by atoms with Gasteiger partial charge in [0, 0.05) is 6.42 Å². The topological polar surface area (TPSA) is 95.9 Å². The van der Waals surface area contributed by atoms with E-state index in [4.69, 9.17) is 4.74 Å². The highest BCUT2D eigenvalue weighted by molar-refractivity contribution is 5.77. The van der Waals surface area contributed by atoms with E-state index in [1.165, 1.54) is 70.6 Å². The quantitative estimate of drug-likeness (QED) is 0.0250. The summed E-state index contributed by atoms with van der Waals surface area (Å²) in [6, 6.07) is -0.710. The van der Waals surface area contributed by atoms with Gasteiger partial charge in [-0.3, -0.25) is 9.59 Å². The lowest BCUT2D eigenvalue weighted by Gasteiger charge is -2.24. The molecule has 0 spiro atoms. The third-order valence-electron chi connectivity index (χ3n) is 10.2. The fourth-order valence-corrected chi connectivity index (χ4v) is 6.66. The van der Waals surface area contributed by atoms with Gasteiger partial charge in [-0.15, -0.1) is 0 Å². The summed E-state index contributed by atoms with van der Waals surface area (Å²) in [5.74, 6) is -0.522. The first-order valence-corrected chi connectivity index (χ1v) is 23.1. The third-order valence-corrected chi connectivity index (χ3v) is 10.2. The molecule has 0 aromatic rings. The largest absolute Gasteiger partial charge is 0.462 e. The van der Waals surface area contributed by atoms with Crippen LogP contribution in [0.2, 0.25) is 0 Å². The van der Waals surface area contributed by atoms with E-state index in [0.717, 1.165) is 96.3 Å². The van der Waals surface area contributed by atoms with Gasteiger partial charge < -0.3 is 20.3 Å². The van der Waals surface area contributed by atoms with Crippen molar-refractivity contribution >= 4 is 11.9 Å². The number of aliphatic hydroxyl groups excluding tert-OH is 2. The number of esters is 1. The van der Waals surface area contributed by atoms with E-state index in [1.54, 1.807) is 0 Å². The molecule has 3 N–H and O–H groups in total. The maximum Gasteiger partial charge on any atom is 0.306 e. The molecule has 0 aliphatic rings. The van der Waals surface area contributed by atoms with E-state index in [-0.39, 0.29) is 24.9 Å². The second-order valence-electron chi connectivity index (χ2n) is 15.5. The number of ether oxygens (including phenoxy) is 1. The van der Waals surface area contributed by atoms with Crippen LogP contribution >= 0.6 is 0 Å². The van der Waals surface area contributed by atoms with Crippen LogP contribution in [0, 0.1) is 0 Å². The summed E-state index contributed by atoms with van der Waals surface area (Å²) in [6.07, 6.45) is 51.4. The third kappa shape index (κ3) is 38.2. The van der Waals surface area contributed by atoms with E-state index >= 15 is 0 Å². The lowest BCUT2D eigenvalue weighted by molar-refractivity contribution is -0.151. The highest BCUT2D eigenvalue weighted by atomic mass is 16.5. The van der Waals surface area contributed by atoms with Crippen LogP contribution in [-0.2, 0) is 14.3 Å². The molecule has 0 rings (SSSR count). The van der Waals surface area contributed by atoms with Crippen molar-refractivity contribution in [2.75, 3.05) is 6.61 Å². The molecule has 0 radical (unpaired) electrons. The van der Waals surface area contributed by atoms with Crippen LogP contribution in [0.15, 0.2) is 60.8 Å². The van der Waals surface area contributed by atoms with Crippen molar-refractivity contribution in [1.82, 2.24) is 5.32 Å². The van der Waals surface area contributed by atoms with Gasteiger partial charge in [-0.2, -0.15) is 0 Å². The number of carbonyl (C=O) groups is 2. The molecule has 0 fully saturated rings. The number of amides is 1. The molecule has 1 amide bonds. The van der Waals surface area contributed by atoms with Gasteiger partial charge in [0.25, 0.3) is 0 Å². The van der Waals surface area contributed by atoms with E-state index in [1.807, 2.05) is 18.2 Å². The van der Waals surface area contributed by atoms with Crippen LogP contribution in [0.4, 0.5) is 0 Å². The molecular formula is C49H87NO5. The fourth-order valence-electron chi connectivity index (χ4n) is 6.66. The van der Waals surface area contributed by atoms with Crippen LogP contribution in [-0.4, -0.2) is 46.9 Å². The molecule has 0 aliphatic carbocycles. The zero-order chi connectivity index (χ0) is 40.3. The molecule has 0 saturated carbocycles. The molecule has 0 aliphatic heterocycles. The van der Waals surface area contributed by atoms with Crippen molar-refractivity contribution in [2.45, 2.75) is 232 Å². The van der Waals surface area contributed by atoms with Gasteiger partial charge in [-0.1, -0.05) is 197 Å². The Balaban J connectivity index is 4.58. The minimum atomic E-state index is -0.795. The van der Waals surface area contributed by atoms with Gasteiger partial charge in [0.15, 0.2) is 0 Å². The fraction of sp³-hybridized carbons (Fsp3) is 0.755. The number of carbonyl (C=O) groups excluding carboxylic acids is 2. The molecule has 6 heteroatoms. The summed E-state index contributed by atoms with van der Waals surface area (Å²) >= 11 is 0. The summed E-state index contributed by atoms with van der Waals surface area (Å²) < 4.78 is 5.87. The van der Waals surface area contributed by atoms with Crippen molar-refractivity contribution in [1.29, 1.82) is 0 Å². The van der Waals surface area contributed by atoms with Crippen molar-refractivity contribution in [3.8, 4) is 0 Å². The van der Waals surface area contributed by atoms with Gasteiger partial charge >= 0.3 is 5.97 Å². The van der Waals surface area contributed by atoms with E-state index in [9.17, 15) is 19.8 Å². The van der Waals surface area contributed by atoms with Crippen molar-refractivity contribution in [2.24, 2.45) is 0 Å². The van der Waals surface area contributed by atoms with Gasteiger partial charge in [0.1, 0.15) is 6.10 Å². The Hall–Kier alpha value is -2.44. The first-order valence-electron chi connectivity index (χ1n) is 23.1. The van der Waals surface area contributed by atoms with Crippen molar-refractivity contribution < 1.29 is 24.5 Å². The minimum Gasteiger partial charge on any atom is -0.462 e. The van der Waals surface area contributed by atoms with Gasteiger partial charge in [-0.25, -0.2) is 0 Å². The summed E-state index contributed by atoms with van der Waals surface area (Å²) in [4.78, 5) is 25.9. The lowest BCUT2D eigenvalue weighted by atomic mass is 10.0. The average Bonchev–Trinajstić information content (AvgIpc) is 3.18. The number of aliphatic hydroxyl groups is 2. The van der Waals surface area contributed by atoms with Gasteiger partial charge in [-0.05, 0) is 64.2 Å². The average molecular weight is 770 g/mol. The predicted molar refractivity (Wildman–Crippen MR) is 236 cm³/mol. The maximum atomic E-state index is 13.1. The number of hydrogen-bond donors (Lipinski definition) is 3. The molecule has 6 nitrogen and oxygen atoms in total. The molecule has 3 atom stereocenters. The van der Waals surface area contributed by atoms with Gasteiger partial charge in [0.05, 0.1) is 25.2 Å². The summed E-state index contributed by atoms with van der Waals surface area (Å²) in [5, 5.41) is 23.6. The van der Waals surface area contributed by atoms with Crippen LogP contribution < -0.4 is 5.32 Å². The Labute approximate surface area is 339 Å². The zero-order valence-electron chi connectivity index (χ0n) is 36.0. The molecule has 0 bridgehead atoms. The normalized spacial score (nSPS) is 13.9. The molecule has 318 valence electrons. The molecule has 55 heavy (non-hydrogen) atoms. The number of hydrogen-bond acceptors (Lipinski definition) is 5. The zero-order valence-corrected chi connectivity index (χ0v) is 36.0. The Morgan fingerprint density at radius 1 is 0.545 bits per heavy atom. The highest BCUT2D eigenvalue weighted by Gasteiger charge is 2.24. The Kier molecular flexibility index (Phi) is 40.8. The Bertz CT molecular complexity index is 999. The Morgan fingerprint density at radius 2 is 1.02 bits per heavy atom. The van der Waals surface area contributed by atoms with Crippen LogP contribution in [0.1, 0.15) is 213 Å². The number of unbranched alkanes of at least 4 members (excludes halogenated alkanes) is 21. The number of allylic oxidation sites excluding steroid dienone is 10. The first-order chi connectivity index (χ1) is 27.0. The summed E-state index contributed by atoms with van der Waals surface area (Å²) in [5.41, 5.74) is 0. The monoisotopic (exact) mass is 770 g/mol. The lowest BCUT2D eigenvalue weighted by Crippen LogP contribution is -2.46. The summed E-state index contributed by atoms with van der Waals surface area (Å²) in [6.45, 7) is 6.27. The molecule has 0 heterocycles. The molecule has 0 aromatic carbocycles. The van der Waals surface area contributed by atoms with Crippen molar-refractivity contribution in [3.05, 3.63) is 60.8 Å². The summed E-state index contributed by atoms with van der Waals surface area (Å²) in [7, 11) is 0. The predicted octanol–water partition coefficient (Wildman–Crippen LogP) is 13.3. The second-order valence-corrected chi connectivity index (χ2v) is 15.5. The smallest absolute Gasteiger partial charge is 0.306 e. The van der Waals surface area contributed by atoms with E-state index in [2.05, 4.69) is 68.6 Å². The van der Waals surface area contributed by atoms with Crippen molar-refractivity contribution in [3.63, 3.8) is 0 Å². The highest BCUT2D eigenvalue weighted by Crippen LogP contribution is 2.17. The second kappa shape index (κ2) is 42.7. The number of rotatable bonds is 40. The molecule has 0 aromatic heterocycles. The molecular weight excluding hydrogens is 683 g/mol. The number of nitrogens with one attached hydrogen (secondary N) is 1. The molecule has 3 unspecified atom stereocenters. The maximum absolute atomic E-state index is 13.1. The standard InChI is InChI=1S/C49H87NO5/c1-4-7-10-13-16-19-21-23-24-25-27-30-33-36-39-42-49(54)55-45(40-37-34-31-28-18-15-12-9-6-3)43-48(53)50-46(44-51)47(52)41-38-35-32-29-26-22-20-17-14-11-8-5-2/h7,10,13,15-16,18-19,21,23-24,45-47,51-52H,4-6,8-9,11-12,14,17,20,22,25-44H2,1-3H3,(H,50,53)/b10-7+,16-13+,18-15-,21-19+,24-23-. The molecule has 0 saturated heterocycles. The van der Waals surface area contributed by atoms with Gasteiger partial charge in [0.2, 0.25) is 5.91 Å². The van der Waals surface area contributed by atoms with E-state index < -0.39 is 18.2 Å². The Morgan fingerprint density at radius 3 is 1.62 bits per heavy atom. The SMILES string of the molecule is CC/C=C/C=C/C=C/C=C\CCCCCCCC(=O)OC(CCCCC/C=C\CCCC)CC(=O)NC(CO)C(O)CCCCCCCCCCCCCC. The first kappa shape index (κ1) is 52.6. The minimum absolute atomic E-state index is 0.0549.